The van der Waals surface area contributed by atoms with Crippen molar-refractivity contribution >= 4 is 0 Å². The maximum Gasteiger partial charge on any atom is 0.115 e. The highest BCUT2D eigenvalue weighted by Gasteiger charge is 1.99. The Morgan fingerprint density at radius 2 is 1.76 bits per heavy atom. The van der Waals surface area contributed by atoms with Crippen LogP contribution in [0.2, 0.25) is 0 Å². The largest absolute Gasteiger partial charge is 0.508 e. The standard InChI is InChI=1S/C15H21NO/c1-6-8-11(3)9-12(4)15(16)10-14(7-2)13(5)17/h6-10,17H,4-5,16H2,1-3H3/b8-6-,11-9-,14-7+,15-10-. The van der Waals surface area contributed by atoms with Crippen LogP contribution in [0.1, 0.15) is 20.8 Å². The van der Waals surface area contributed by atoms with Crippen molar-refractivity contribution in [1.29, 1.82) is 0 Å². The van der Waals surface area contributed by atoms with E-state index in [1.165, 1.54) is 0 Å². The average Bonchev–Trinajstić information content (AvgIpc) is 2.25. The van der Waals surface area contributed by atoms with Gasteiger partial charge in [-0.1, -0.05) is 43.0 Å². The molecule has 0 aromatic heterocycles. The zero-order chi connectivity index (χ0) is 13.4. The fraction of sp³-hybridized carbons (Fsp3) is 0.200. The normalized spacial score (nSPS) is 14.2. The van der Waals surface area contributed by atoms with Gasteiger partial charge in [-0.3, -0.25) is 0 Å². The van der Waals surface area contributed by atoms with E-state index in [1.807, 2.05) is 39.0 Å². The zero-order valence-corrected chi connectivity index (χ0v) is 10.8. The van der Waals surface area contributed by atoms with Crippen LogP contribution >= 0.6 is 0 Å². The van der Waals surface area contributed by atoms with E-state index < -0.39 is 0 Å². The number of aliphatic hydroxyl groups excluding tert-OH is 1. The molecule has 0 aliphatic carbocycles. The first kappa shape index (κ1) is 15.0. The van der Waals surface area contributed by atoms with E-state index in [9.17, 15) is 5.11 Å². The lowest BCUT2D eigenvalue weighted by Gasteiger charge is -2.04. The summed E-state index contributed by atoms with van der Waals surface area (Å²) in [6.45, 7) is 13.1. The van der Waals surface area contributed by atoms with Crippen LogP contribution in [0, 0.1) is 0 Å². The summed E-state index contributed by atoms with van der Waals surface area (Å²) in [7, 11) is 0. The molecular weight excluding hydrogens is 210 g/mol. The van der Waals surface area contributed by atoms with Gasteiger partial charge in [-0.2, -0.15) is 0 Å². The maximum absolute atomic E-state index is 9.29. The summed E-state index contributed by atoms with van der Waals surface area (Å²) < 4.78 is 0. The van der Waals surface area contributed by atoms with E-state index in [4.69, 9.17) is 5.73 Å². The molecule has 0 aliphatic rings. The van der Waals surface area contributed by atoms with Crippen molar-refractivity contribution in [2.75, 3.05) is 0 Å². The van der Waals surface area contributed by atoms with Gasteiger partial charge in [0.15, 0.2) is 0 Å². The van der Waals surface area contributed by atoms with Gasteiger partial charge < -0.3 is 10.8 Å². The quantitative estimate of drug-likeness (QED) is 0.556. The van der Waals surface area contributed by atoms with E-state index in [2.05, 4.69) is 13.2 Å². The minimum Gasteiger partial charge on any atom is -0.508 e. The van der Waals surface area contributed by atoms with Gasteiger partial charge in [-0.25, -0.2) is 0 Å². The van der Waals surface area contributed by atoms with Crippen molar-refractivity contribution in [2.24, 2.45) is 5.73 Å². The number of nitrogens with two attached hydrogens (primary N) is 1. The van der Waals surface area contributed by atoms with Crippen LogP contribution in [0.3, 0.4) is 0 Å². The van der Waals surface area contributed by atoms with Crippen LogP contribution in [0.5, 0.6) is 0 Å². The molecule has 0 aliphatic heterocycles. The molecule has 0 rings (SSSR count). The predicted molar refractivity (Wildman–Crippen MR) is 75.5 cm³/mol. The highest BCUT2D eigenvalue weighted by atomic mass is 16.3. The lowest BCUT2D eigenvalue weighted by Crippen LogP contribution is -2.00. The van der Waals surface area contributed by atoms with Crippen LogP contribution in [-0.4, -0.2) is 5.11 Å². The minimum atomic E-state index is -0.00240. The Kier molecular flexibility index (Phi) is 6.49. The molecule has 0 saturated carbocycles. The molecule has 0 unspecified atom stereocenters. The lowest BCUT2D eigenvalue weighted by molar-refractivity contribution is 0.429. The zero-order valence-electron chi connectivity index (χ0n) is 10.8. The number of rotatable bonds is 5. The Morgan fingerprint density at radius 3 is 2.18 bits per heavy atom. The molecule has 2 heteroatoms. The Balaban J connectivity index is 5.01. The molecule has 0 amide bonds. The minimum absolute atomic E-state index is 0.00240. The molecule has 0 saturated heterocycles. The van der Waals surface area contributed by atoms with Gasteiger partial charge in [0.1, 0.15) is 5.76 Å². The molecule has 0 atom stereocenters. The Morgan fingerprint density at radius 1 is 1.18 bits per heavy atom. The summed E-state index contributed by atoms with van der Waals surface area (Å²) in [5.74, 6) is -0.00240. The highest BCUT2D eigenvalue weighted by Crippen LogP contribution is 2.13. The molecule has 2 nitrogen and oxygen atoms in total. The van der Waals surface area contributed by atoms with Gasteiger partial charge in [0.05, 0.1) is 0 Å². The smallest absolute Gasteiger partial charge is 0.115 e. The van der Waals surface area contributed by atoms with Crippen molar-refractivity contribution in [3.8, 4) is 0 Å². The molecule has 0 bridgehead atoms. The molecule has 92 valence electrons. The third-order valence-corrected chi connectivity index (χ3v) is 2.16. The summed E-state index contributed by atoms with van der Waals surface area (Å²) in [6, 6.07) is 0. The van der Waals surface area contributed by atoms with E-state index in [0.717, 1.165) is 5.57 Å². The topological polar surface area (TPSA) is 46.2 Å². The fourth-order valence-electron chi connectivity index (χ4n) is 1.26. The summed E-state index contributed by atoms with van der Waals surface area (Å²) >= 11 is 0. The SMILES string of the molecule is C=C(/C=C(C)\C=C/C)/C(N)=C/C(=C\C)C(=C)O. The van der Waals surface area contributed by atoms with Gasteiger partial charge in [-0.15, -0.1) is 0 Å². The fourth-order valence-corrected chi connectivity index (χ4v) is 1.26. The molecule has 17 heavy (non-hydrogen) atoms. The van der Waals surface area contributed by atoms with Crippen LogP contribution in [0.25, 0.3) is 0 Å². The lowest BCUT2D eigenvalue weighted by atomic mass is 10.1. The number of hydrogen-bond acceptors (Lipinski definition) is 2. The summed E-state index contributed by atoms with van der Waals surface area (Å²) in [6.07, 6.45) is 9.21. The van der Waals surface area contributed by atoms with Crippen LogP contribution < -0.4 is 5.73 Å². The summed E-state index contributed by atoms with van der Waals surface area (Å²) in [5.41, 5.74) is 8.76. The maximum atomic E-state index is 9.29. The van der Waals surface area contributed by atoms with Crippen LogP contribution in [0.4, 0.5) is 0 Å². The third-order valence-electron chi connectivity index (χ3n) is 2.16. The van der Waals surface area contributed by atoms with Gasteiger partial charge in [0, 0.05) is 11.3 Å². The first-order valence-electron chi connectivity index (χ1n) is 5.44. The number of aliphatic hydroxyl groups is 1. The van der Waals surface area contributed by atoms with Gasteiger partial charge in [0.2, 0.25) is 0 Å². The second-order valence-corrected chi connectivity index (χ2v) is 3.70. The molecule has 0 fully saturated rings. The van der Waals surface area contributed by atoms with Gasteiger partial charge in [0.25, 0.3) is 0 Å². The molecule has 0 spiro atoms. The van der Waals surface area contributed by atoms with Crippen LogP contribution in [-0.2, 0) is 0 Å². The van der Waals surface area contributed by atoms with Crippen molar-refractivity contribution in [3.63, 3.8) is 0 Å². The monoisotopic (exact) mass is 231 g/mol. The van der Waals surface area contributed by atoms with Crippen molar-refractivity contribution in [3.05, 3.63) is 71.7 Å². The van der Waals surface area contributed by atoms with Gasteiger partial charge >= 0.3 is 0 Å². The summed E-state index contributed by atoms with van der Waals surface area (Å²) in [4.78, 5) is 0. The van der Waals surface area contributed by atoms with Crippen molar-refractivity contribution in [2.45, 2.75) is 20.8 Å². The van der Waals surface area contributed by atoms with Crippen molar-refractivity contribution in [1.82, 2.24) is 0 Å². The molecule has 0 radical (unpaired) electrons. The van der Waals surface area contributed by atoms with Gasteiger partial charge in [-0.05, 0) is 32.4 Å². The number of allylic oxidation sites excluding steroid dienone is 6. The second kappa shape index (κ2) is 7.34. The third kappa shape index (κ3) is 5.61. The molecule has 0 heterocycles. The van der Waals surface area contributed by atoms with Crippen LogP contribution in [0.15, 0.2) is 71.7 Å². The Labute approximate surface area is 104 Å². The highest BCUT2D eigenvalue weighted by molar-refractivity contribution is 5.45. The average molecular weight is 231 g/mol. The Bertz CT molecular complexity index is 420. The predicted octanol–water partition coefficient (Wildman–Crippen LogP) is 3.93. The van der Waals surface area contributed by atoms with Crippen molar-refractivity contribution < 1.29 is 5.11 Å². The molecule has 0 aromatic carbocycles. The van der Waals surface area contributed by atoms with E-state index >= 15 is 0 Å². The molecule has 0 aromatic rings. The van der Waals surface area contributed by atoms with E-state index in [0.29, 0.717) is 16.8 Å². The molecular formula is C15H21NO. The van der Waals surface area contributed by atoms with E-state index in [1.54, 1.807) is 12.2 Å². The number of hydrogen-bond donors (Lipinski definition) is 2. The summed E-state index contributed by atoms with van der Waals surface area (Å²) in [5, 5.41) is 9.29. The first-order valence-corrected chi connectivity index (χ1v) is 5.44. The molecule has 3 N–H and O–H groups in total. The first-order chi connectivity index (χ1) is 7.92. The second-order valence-electron chi connectivity index (χ2n) is 3.70. The van der Waals surface area contributed by atoms with E-state index in [-0.39, 0.29) is 5.76 Å². The Hall–Kier alpha value is -1.96.